The van der Waals surface area contributed by atoms with Crippen LogP contribution in [0.2, 0.25) is 0 Å². The van der Waals surface area contributed by atoms with Crippen LogP contribution in [0.25, 0.3) is 0 Å². The van der Waals surface area contributed by atoms with Gasteiger partial charge in [0.25, 0.3) is 0 Å². The first-order valence-corrected chi connectivity index (χ1v) is 5.96. The summed E-state index contributed by atoms with van der Waals surface area (Å²) in [4.78, 5) is 0. The number of hydrogen-bond donors (Lipinski definition) is 1. The molecule has 1 atom stereocenters. The quantitative estimate of drug-likeness (QED) is 0.654. The lowest BCUT2D eigenvalue weighted by molar-refractivity contribution is -0.0350. The fraction of sp³-hybridized carbons (Fsp3) is 1.00. The van der Waals surface area contributed by atoms with Crippen molar-refractivity contribution in [3.05, 3.63) is 0 Å². The Balaban J connectivity index is 4.25. The lowest BCUT2D eigenvalue weighted by Gasteiger charge is -2.30. The molecule has 0 aromatic heterocycles. The molecule has 4 heteroatoms. The second-order valence-corrected chi connectivity index (χ2v) is 4.54. The van der Waals surface area contributed by atoms with Gasteiger partial charge in [-0.3, -0.25) is 13.2 Å². The van der Waals surface area contributed by atoms with Crippen molar-refractivity contribution in [3.63, 3.8) is 0 Å². The molecule has 0 bridgehead atoms. The molecule has 0 radical (unpaired) electrons. The van der Waals surface area contributed by atoms with Crippen LogP contribution in [0.4, 0.5) is 13.2 Å². The van der Waals surface area contributed by atoms with Crippen LogP contribution in [0.3, 0.4) is 0 Å². The van der Waals surface area contributed by atoms with Crippen LogP contribution in [-0.4, -0.2) is 31.2 Å². The first-order chi connectivity index (χ1) is 7.60. The van der Waals surface area contributed by atoms with Crippen molar-refractivity contribution < 1.29 is 18.3 Å². The fourth-order valence-corrected chi connectivity index (χ4v) is 1.77. The van der Waals surface area contributed by atoms with E-state index in [-0.39, 0.29) is 6.42 Å². The van der Waals surface area contributed by atoms with Crippen molar-refractivity contribution in [2.24, 2.45) is 11.3 Å². The Morgan fingerprint density at radius 2 is 1.38 bits per heavy atom. The number of aliphatic hydroxyl groups is 1. The molecule has 0 heterocycles. The van der Waals surface area contributed by atoms with E-state index in [2.05, 4.69) is 0 Å². The summed E-state index contributed by atoms with van der Waals surface area (Å²) in [5.74, 6) is 0.436. The molecule has 0 saturated heterocycles. The Morgan fingerprint density at radius 1 is 0.938 bits per heavy atom. The van der Waals surface area contributed by atoms with Crippen LogP contribution in [0.15, 0.2) is 0 Å². The molecule has 16 heavy (non-hydrogen) atoms. The summed E-state index contributed by atoms with van der Waals surface area (Å²) in [6.07, 6.45) is 1.67. The third kappa shape index (κ3) is 3.96. The Morgan fingerprint density at radius 3 is 1.69 bits per heavy atom. The van der Waals surface area contributed by atoms with Gasteiger partial charge in [0.1, 0.15) is 20.0 Å². The van der Waals surface area contributed by atoms with Crippen LogP contribution in [0.1, 0.15) is 39.5 Å². The highest BCUT2D eigenvalue weighted by molar-refractivity contribution is 4.85. The number of aliphatic hydroxyl groups excluding tert-OH is 1. The van der Waals surface area contributed by atoms with Gasteiger partial charge in [0.05, 0.1) is 11.5 Å². The summed E-state index contributed by atoms with van der Waals surface area (Å²) in [5, 5.41) is 9.68. The standard InChI is InChI=1S/C12H23F3O/c1-3-10(4-2)5-6-11(16)12(7-13,8-14)9-15/h10-11,16H,3-9H2,1-2H3/t11-/m1/s1. The van der Waals surface area contributed by atoms with E-state index in [1.807, 2.05) is 13.8 Å². The predicted octanol–water partition coefficient (Wildman–Crippen LogP) is 3.46. The maximum Gasteiger partial charge on any atom is 0.103 e. The molecule has 0 amide bonds. The second-order valence-electron chi connectivity index (χ2n) is 4.54. The highest BCUT2D eigenvalue weighted by atomic mass is 19.1. The predicted molar refractivity (Wildman–Crippen MR) is 59.7 cm³/mol. The van der Waals surface area contributed by atoms with Crippen LogP contribution >= 0.6 is 0 Å². The molecule has 0 fully saturated rings. The van der Waals surface area contributed by atoms with Gasteiger partial charge >= 0.3 is 0 Å². The van der Waals surface area contributed by atoms with E-state index < -0.39 is 31.5 Å². The van der Waals surface area contributed by atoms with E-state index in [1.54, 1.807) is 0 Å². The summed E-state index contributed by atoms with van der Waals surface area (Å²) >= 11 is 0. The van der Waals surface area contributed by atoms with Crippen molar-refractivity contribution in [1.29, 1.82) is 0 Å². The monoisotopic (exact) mass is 240 g/mol. The van der Waals surface area contributed by atoms with Gasteiger partial charge in [-0.1, -0.05) is 26.7 Å². The van der Waals surface area contributed by atoms with Crippen LogP contribution < -0.4 is 0 Å². The topological polar surface area (TPSA) is 20.2 Å². The first kappa shape index (κ1) is 15.8. The number of rotatable bonds is 9. The van der Waals surface area contributed by atoms with Crippen LogP contribution in [0.5, 0.6) is 0 Å². The maximum atomic E-state index is 12.6. The van der Waals surface area contributed by atoms with Crippen LogP contribution in [-0.2, 0) is 0 Å². The SMILES string of the molecule is CCC(CC)CC[C@@H](O)C(CF)(CF)CF. The minimum Gasteiger partial charge on any atom is -0.392 e. The molecular weight excluding hydrogens is 217 g/mol. The van der Waals surface area contributed by atoms with E-state index >= 15 is 0 Å². The Kier molecular flexibility index (Phi) is 7.81. The normalized spacial score (nSPS) is 14.4. The van der Waals surface area contributed by atoms with E-state index in [1.165, 1.54) is 0 Å². The molecule has 0 unspecified atom stereocenters. The summed E-state index contributed by atoms with van der Waals surface area (Å²) in [5.41, 5.74) is -1.83. The third-order valence-electron chi connectivity index (χ3n) is 3.51. The molecule has 0 saturated carbocycles. The average Bonchev–Trinajstić information content (AvgIpc) is 2.33. The fourth-order valence-electron chi connectivity index (χ4n) is 1.77. The molecule has 0 rings (SSSR count). The zero-order valence-corrected chi connectivity index (χ0v) is 10.2. The van der Waals surface area contributed by atoms with E-state index in [9.17, 15) is 18.3 Å². The summed E-state index contributed by atoms with van der Waals surface area (Å²) in [7, 11) is 0. The molecule has 98 valence electrons. The van der Waals surface area contributed by atoms with Crippen molar-refractivity contribution in [2.75, 3.05) is 20.0 Å². The van der Waals surface area contributed by atoms with Gasteiger partial charge in [-0.2, -0.15) is 0 Å². The largest absolute Gasteiger partial charge is 0.392 e. The first-order valence-electron chi connectivity index (χ1n) is 5.96. The molecule has 1 nitrogen and oxygen atoms in total. The molecule has 1 N–H and O–H groups in total. The minimum atomic E-state index is -1.83. The second kappa shape index (κ2) is 7.93. The van der Waals surface area contributed by atoms with Gasteiger partial charge in [0.15, 0.2) is 0 Å². The van der Waals surface area contributed by atoms with Crippen molar-refractivity contribution in [2.45, 2.75) is 45.6 Å². The molecule has 0 spiro atoms. The zero-order chi connectivity index (χ0) is 12.6. The van der Waals surface area contributed by atoms with Gasteiger partial charge in [-0.15, -0.1) is 0 Å². The van der Waals surface area contributed by atoms with Gasteiger partial charge in [-0.25, -0.2) is 0 Å². The smallest absolute Gasteiger partial charge is 0.103 e. The van der Waals surface area contributed by atoms with Crippen LogP contribution in [0, 0.1) is 11.3 Å². The molecule has 0 aliphatic carbocycles. The van der Waals surface area contributed by atoms with E-state index in [4.69, 9.17) is 0 Å². The van der Waals surface area contributed by atoms with E-state index in [0.29, 0.717) is 12.3 Å². The highest BCUT2D eigenvalue weighted by Crippen LogP contribution is 2.29. The maximum absolute atomic E-state index is 12.6. The molecular formula is C12H23F3O. The minimum absolute atomic E-state index is 0.268. The molecule has 0 aromatic rings. The summed E-state index contributed by atoms with van der Waals surface area (Å²) in [6.45, 7) is 0.624. The average molecular weight is 240 g/mol. The summed E-state index contributed by atoms with van der Waals surface area (Å²) < 4.78 is 37.8. The molecule has 0 aliphatic rings. The Bertz CT molecular complexity index is 159. The number of halogens is 3. The zero-order valence-electron chi connectivity index (χ0n) is 10.2. The molecule has 0 aliphatic heterocycles. The summed E-state index contributed by atoms with van der Waals surface area (Å²) in [6, 6.07) is 0. The highest BCUT2D eigenvalue weighted by Gasteiger charge is 2.38. The number of alkyl halides is 3. The van der Waals surface area contributed by atoms with Gasteiger partial charge in [0, 0.05) is 0 Å². The van der Waals surface area contributed by atoms with Crippen molar-refractivity contribution in [3.8, 4) is 0 Å². The van der Waals surface area contributed by atoms with E-state index in [0.717, 1.165) is 12.8 Å². The van der Waals surface area contributed by atoms with Crippen molar-refractivity contribution >= 4 is 0 Å². The Hall–Kier alpha value is -0.250. The van der Waals surface area contributed by atoms with Gasteiger partial charge < -0.3 is 5.11 Å². The van der Waals surface area contributed by atoms with Gasteiger partial charge in [0.2, 0.25) is 0 Å². The lowest BCUT2D eigenvalue weighted by atomic mass is 9.82. The lowest BCUT2D eigenvalue weighted by Crippen LogP contribution is -2.41. The van der Waals surface area contributed by atoms with Crippen molar-refractivity contribution in [1.82, 2.24) is 0 Å². The van der Waals surface area contributed by atoms with Gasteiger partial charge in [-0.05, 0) is 18.8 Å². The Labute approximate surface area is 96.0 Å². The molecule has 0 aromatic carbocycles. The number of hydrogen-bond acceptors (Lipinski definition) is 1. The third-order valence-corrected chi connectivity index (χ3v) is 3.51.